The number of para-hydroxylation sites is 1. The van der Waals surface area contributed by atoms with Crippen molar-refractivity contribution in [1.29, 1.82) is 0 Å². The first-order valence-electron chi connectivity index (χ1n) is 10.5. The van der Waals surface area contributed by atoms with Gasteiger partial charge in [0, 0.05) is 35.6 Å². The Hall–Kier alpha value is -3.59. The normalized spacial score (nSPS) is 14.8. The van der Waals surface area contributed by atoms with Crippen LogP contribution in [0, 0.1) is 10.4 Å². The monoisotopic (exact) mass is 391 g/mol. The van der Waals surface area contributed by atoms with E-state index in [0.717, 1.165) is 23.4 Å². The molecule has 3 N–H and O–H groups in total. The summed E-state index contributed by atoms with van der Waals surface area (Å²) in [5.41, 5.74) is 12.1. The van der Waals surface area contributed by atoms with Gasteiger partial charge in [0.2, 0.25) is 0 Å². The van der Waals surface area contributed by atoms with E-state index in [1.54, 1.807) is 11.8 Å². The summed E-state index contributed by atoms with van der Waals surface area (Å²) < 4.78 is 0. The van der Waals surface area contributed by atoms with Crippen molar-refractivity contribution in [3.63, 3.8) is 0 Å². The van der Waals surface area contributed by atoms with Gasteiger partial charge in [0.15, 0.2) is 0 Å². The van der Waals surface area contributed by atoms with Crippen molar-refractivity contribution in [1.82, 2.24) is 0 Å². The van der Waals surface area contributed by atoms with Gasteiger partial charge in [-0.05, 0) is 75.9 Å². The standard InChI is InChI=1S/C18H17N.C9H8N2/c19-14-8-5-13-7-9-16-15-4-2-1-3-12(15)6-10-17(16)18(13)11-14;1-2-4-9-8(3-1)7-10-5-6-11-9/h3,5-8,10-11H,1-2,4,9,19H2;1-7,11H. The maximum Gasteiger partial charge on any atom is 0.0469 e. The van der Waals surface area contributed by atoms with Crippen molar-refractivity contribution in [2.75, 3.05) is 11.1 Å². The molecule has 0 fully saturated rings. The fourth-order valence-electron chi connectivity index (χ4n) is 4.45. The van der Waals surface area contributed by atoms with Gasteiger partial charge < -0.3 is 11.1 Å². The molecule has 2 aliphatic carbocycles. The molecule has 148 valence electrons. The first-order chi connectivity index (χ1) is 14.8. The molecular weight excluding hydrogens is 366 g/mol. The average molecular weight is 392 g/mol. The third-order valence-corrected chi connectivity index (χ3v) is 5.93. The maximum absolute atomic E-state index is 5.96. The fraction of sp³-hybridized carbons (Fsp3) is 0.148. The van der Waals surface area contributed by atoms with Gasteiger partial charge in [0.25, 0.3) is 0 Å². The SMILES string of the molecule is C1=CNc2ccccc2C=N1.Nc1ccc2c(c1)=c1ccc3c(c1CC=2)CCCC=3. The number of rotatable bonds is 0. The Morgan fingerprint density at radius 1 is 0.867 bits per heavy atom. The molecule has 3 heteroatoms. The van der Waals surface area contributed by atoms with Crippen LogP contribution in [0.1, 0.15) is 29.5 Å². The lowest BCUT2D eigenvalue weighted by Crippen LogP contribution is -2.19. The number of nitrogens with one attached hydrogen (secondary N) is 1. The molecule has 0 spiro atoms. The molecule has 3 aromatic rings. The molecule has 0 unspecified atom stereocenters. The third kappa shape index (κ3) is 3.55. The topological polar surface area (TPSA) is 50.4 Å². The molecule has 1 heterocycles. The number of hydrogen-bond donors (Lipinski definition) is 2. The van der Waals surface area contributed by atoms with Crippen molar-refractivity contribution in [2.45, 2.75) is 25.7 Å². The molecule has 0 atom stereocenters. The van der Waals surface area contributed by atoms with Crippen molar-refractivity contribution < 1.29 is 0 Å². The van der Waals surface area contributed by atoms with E-state index in [1.165, 1.54) is 45.7 Å². The van der Waals surface area contributed by atoms with Gasteiger partial charge in [0.1, 0.15) is 0 Å². The van der Waals surface area contributed by atoms with Crippen molar-refractivity contribution >= 4 is 29.7 Å². The Kier molecular flexibility index (Phi) is 4.94. The van der Waals surface area contributed by atoms with E-state index >= 15 is 0 Å². The maximum atomic E-state index is 5.96. The van der Waals surface area contributed by atoms with Gasteiger partial charge in [0.05, 0.1) is 0 Å². The molecule has 1 aliphatic heterocycles. The molecule has 0 aromatic heterocycles. The van der Waals surface area contributed by atoms with Crippen LogP contribution in [-0.2, 0) is 12.8 Å². The van der Waals surface area contributed by atoms with Crippen molar-refractivity contribution in [3.05, 3.63) is 105 Å². The van der Waals surface area contributed by atoms with E-state index in [1.807, 2.05) is 42.7 Å². The highest BCUT2D eigenvalue weighted by molar-refractivity contribution is 5.88. The van der Waals surface area contributed by atoms with Crippen molar-refractivity contribution in [2.24, 2.45) is 4.99 Å². The summed E-state index contributed by atoms with van der Waals surface area (Å²) in [5.74, 6) is 0. The highest BCUT2D eigenvalue weighted by atomic mass is 14.9. The van der Waals surface area contributed by atoms with Gasteiger partial charge in [-0.3, -0.25) is 4.99 Å². The Balaban J connectivity index is 0.000000149. The van der Waals surface area contributed by atoms with E-state index in [9.17, 15) is 0 Å². The number of nitrogens with zero attached hydrogens (tertiary/aromatic N) is 1. The van der Waals surface area contributed by atoms with Crippen LogP contribution in [0.25, 0.3) is 12.2 Å². The van der Waals surface area contributed by atoms with Crippen LogP contribution in [-0.4, -0.2) is 6.21 Å². The predicted molar refractivity (Wildman–Crippen MR) is 127 cm³/mol. The minimum Gasteiger partial charge on any atom is -0.399 e. The van der Waals surface area contributed by atoms with Gasteiger partial charge in [-0.1, -0.05) is 48.6 Å². The number of hydrogen-bond acceptors (Lipinski definition) is 3. The fourth-order valence-corrected chi connectivity index (χ4v) is 4.45. The van der Waals surface area contributed by atoms with E-state index < -0.39 is 0 Å². The summed E-state index contributed by atoms with van der Waals surface area (Å²) in [6.07, 6.45) is 14.9. The van der Waals surface area contributed by atoms with Gasteiger partial charge in [-0.25, -0.2) is 0 Å². The highest BCUT2D eigenvalue weighted by Crippen LogP contribution is 2.18. The molecule has 3 aromatic carbocycles. The smallest absolute Gasteiger partial charge is 0.0469 e. The van der Waals surface area contributed by atoms with E-state index in [2.05, 4.69) is 46.7 Å². The number of benzene rings is 3. The lowest BCUT2D eigenvalue weighted by atomic mass is 9.89. The zero-order valence-electron chi connectivity index (χ0n) is 16.9. The quantitative estimate of drug-likeness (QED) is 0.569. The van der Waals surface area contributed by atoms with Crippen LogP contribution in [0.2, 0.25) is 0 Å². The van der Waals surface area contributed by atoms with Crippen LogP contribution in [0.3, 0.4) is 0 Å². The van der Waals surface area contributed by atoms with Gasteiger partial charge in [-0.2, -0.15) is 0 Å². The van der Waals surface area contributed by atoms with Crippen LogP contribution in [0.4, 0.5) is 11.4 Å². The third-order valence-electron chi connectivity index (χ3n) is 5.93. The summed E-state index contributed by atoms with van der Waals surface area (Å²) in [6, 6.07) is 18.9. The number of aliphatic imine (C=N–C) groups is 1. The van der Waals surface area contributed by atoms with E-state index in [-0.39, 0.29) is 0 Å². The Morgan fingerprint density at radius 2 is 1.77 bits per heavy atom. The summed E-state index contributed by atoms with van der Waals surface area (Å²) in [7, 11) is 0. The molecule has 0 saturated heterocycles. The van der Waals surface area contributed by atoms with Gasteiger partial charge >= 0.3 is 0 Å². The number of fused-ring (bicyclic) bond motifs is 5. The van der Waals surface area contributed by atoms with E-state index in [0.29, 0.717) is 0 Å². The molecule has 0 bridgehead atoms. The van der Waals surface area contributed by atoms with Crippen LogP contribution in [0.15, 0.2) is 72.0 Å². The molecule has 3 aliphatic rings. The van der Waals surface area contributed by atoms with Crippen molar-refractivity contribution in [3.8, 4) is 0 Å². The predicted octanol–water partition coefficient (Wildman–Crippen LogP) is 4.01. The minimum absolute atomic E-state index is 0.851. The van der Waals surface area contributed by atoms with Crippen LogP contribution < -0.4 is 21.5 Å². The average Bonchev–Trinajstić information content (AvgIpc) is 3.05. The zero-order valence-corrected chi connectivity index (χ0v) is 16.9. The first kappa shape index (κ1) is 18.4. The Morgan fingerprint density at radius 3 is 2.73 bits per heavy atom. The van der Waals surface area contributed by atoms with Crippen LogP contribution >= 0.6 is 0 Å². The molecule has 3 nitrogen and oxygen atoms in total. The Bertz CT molecular complexity index is 1380. The number of nitrogens with two attached hydrogens (primary N) is 1. The number of nitrogen functional groups attached to an aromatic ring is 1. The summed E-state index contributed by atoms with van der Waals surface area (Å²) in [5, 5.41) is 8.58. The largest absolute Gasteiger partial charge is 0.399 e. The lowest BCUT2D eigenvalue weighted by molar-refractivity contribution is 0.824. The first-order valence-corrected chi connectivity index (χ1v) is 10.5. The summed E-state index contributed by atoms with van der Waals surface area (Å²) in [6.45, 7) is 0. The highest BCUT2D eigenvalue weighted by Gasteiger charge is 2.11. The zero-order chi connectivity index (χ0) is 20.3. The molecule has 30 heavy (non-hydrogen) atoms. The van der Waals surface area contributed by atoms with E-state index in [4.69, 9.17) is 5.73 Å². The molecule has 0 saturated carbocycles. The second kappa shape index (κ2) is 8.03. The summed E-state index contributed by atoms with van der Waals surface area (Å²) >= 11 is 0. The van der Waals surface area contributed by atoms with Crippen LogP contribution in [0.5, 0.6) is 0 Å². The molecule has 0 amide bonds. The molecule has 6 rings (SSSR count). The summed E-state index contributed by atoms with van der Waals surface area (Å²) in [4.78, 5) is 4.04. The lowest BCUT2D eigenvalue weighted by Gasteiger charge is -2.16. The second-order valence-electron chi connectivity index (χ2n) is 7.84. The number of anilines is 2. The molecule has 0 radical (unpaired) electrons. The molecular formula is C27H25N3. The minimum atomic E-state index is 0.851. The Labute approximate surface area is 176 Å². The van der Waals surface area contributed by atoms with Gasteiger partial charge in [-0.15, -0.1) is 0 Å². The second-order valence-corrected chi connectivity index (χ2v) is 7.84.